The Balaban J connectivity index is 2.19. The van der Waals surface area contributed by atoms with Crippen LogP contribution in [0.15, 0.2) is 36.4 Å². The standard InChI is InChI=1S/C15H11F2IO3/c1-20-15(19)11-7-10(18)3-5-14(11)21-8-9-2-4-12(16)13(17)6-9/h2-7H,8H2,1H3. The number of esters is 1. The molecule has 0 aliphatic heterocycles. The Morgan fingerprint density at radius 2 is 1.90 bits per heavy atom. The van der Waals surface area contributed by atoms with Gasteiger partial charge in [-0.3, -0.25) is 0 Å². The topological polar surface area (TPSA) is 35.5 Å². The van der Waals surface area contributed by atoms with E-state index in [1.54, 1.807) is 18.2 Å². The molecule has 3 nitrogen and oxygen atoms in total. The number of hydrogen-bond donors (Lipinski definition) is 0. The first-order valence-electron chi connectivity index (χ1n) is 5.96. The highest BCUT2D eigenvalue weighted by atomic mass is 127. The van der Waals surface area contributed by atoms with Crippen molar-refractivity contribution in [1.29, 1.82) is 0 Å². The first-order valence-corrected chi connectivity index (χ1v) is 7.03. The molecule has 2 aromatic carbocycles. The quantitative estimate of drug-likeness (QED) is 0.572. The molecule has 2 rings (SSSR count). The Labute approximate surface area is 134 Å². The number of methoxy groups -OCH3 is 1. The summed E-state index contributed by atoms with van der Waals surface area (Å²) in [6, 6.07) is 8.54. The second-order valence-corrected chi connectivity index (χ2v) is 5.41. The van der Waals surface area contributed by atoms with Gasteiger partial charge in [0, 0.05) is 3.57 Å². The van der Waals surface area contributed by atoms with E-state index in [-0.39, 0.29) is 12.2 Å². The number of ether oxygens (including phenoxy) is 2. The molecule has 0 heterocycles. The zero-order chi connectivity index (χ0) is 15.4. The van der Waals surface area contributed by atoms with Crippen molar-refractivity contribution in [3.8, 4) is 5.75 Å². The molecule has 0 atom stereocenters. The molecule has 21 heavy (non-hydrogen) atoms. The van der Waals surface area contributed by atoms with Crippen LogP contribution in [0.4, 0.5) is 8.78 Å². The summed E-state index contributed by atoms with van der Waals surface area (Å²) in [6.07, 6.45) is 0. The van der Waals surface area contributed by atoms with E-state index in [2.05, 4.69) is 27.3 Å². The van der Waals surface area contributed by atoms with Crippen LogP contribution in [-0.2, 0) is 11.3 Å². The Kier molecular flexibility index (Phi) is 5.11. The molecule has 6 heteroatoms. The second-order valence-electron chi connectivity index (χ2n) is 4.17. The van der Waals surface area contributed by atoms with Gasteiger partial charge in [0.1, 0.15) is 17.9 Å². The zero-order valence-corrected chi connectivity index (χ0v) is 13.2. The van der Waals surface area contributed by atoms with E-state index in [4.69, 9.17) is 4.74 Å². The lowest BCUT2D eigenvalue weighted by Crippen LogP contribution is -2.06. The monoisotopic (exact) mass is 404 g/mol. The van der Waals surface area contributed by atoms with E-state index in [0.717, 1.165) is 15.7 Å². The molecule has 110 valence electrons. The van der Waals surface area contributed by atoms with Crippen molar-refractivity contribution < 1.29 is 23.0 Å². The molecule has 0 amide bonds. The van der Waals surface area contributed by atoms with Gasteiger partial charge in [-0.2, -0.15) is 0 Å². The summed E-state index contributed by atoms with van der Waals surface area (Å²) in [5.74, 6) is -2.05. The highest BCUT2D eigenvalue weighted by molar-refractivity contribution is 14.1. The van der Waals surface area contributed by atoms with Crippen LogP contribution in [0.1, 0.15) is 15.9 Å². The summed E-state index contributed by atoms with van der Waals surface area (Å²) in [5.41, 5.74) is 0.746. The third kappa shape index (κ3) is 3.90. The minimum absolute atomic E-state index is 0.0157. The van der Waals surface area contributed by atoms with Gasteiger partial charge in [0.15, 0.2) is 11.6 Å². The fourth-order valence-electron chi connectivity index (χ4n) is 1.69. The molecule has 0 N–H and O–H groups in total. The molecule has 0 radical (unpaired) electrons. The van der Waals surface area contributed by atoms with E-state index in [1.165, 1.54) is 13.2 Å². The lowest BCUT2D eigenvalue weighted by molar-refractivity contribution is 0.0595. The zero-order valence-electron chi connectivity index (χ0n) is 11.0. The van der Waals surface area contributed by atoms with Gasteiger partial charge in [0.05, 0.1) is 7.11 Å². The maximum atomic E-state index is 13.1. The minimum atomic E-state index is -0.938. The number of carbonyl (C=O) groups excluding carboxylic acids is 1. The molecular formula is C15H11F2IO3. The predicted molar refractivity (Wildman–Crippen MR) is 81.2 cm³/mol. The fourth-order valence-corrected chi connectivity index (χ4v) is 2.18. The summed E-state index contributed by atoms with van der Waals surface area (Å²) in [7, 11) is 1.28. The molecule has 0 aliphatic rings. The van der Waals surface area contributed by atoms with E-state index < -0.39 is 17.6 Å². The van der Waals surface area contributed by atoms with Crippen LogP contribution >= 0.6 is 22.6 Å². The highest BCUT2D eigenvalue weighted by Crippen LogP contribution is 2.23. The van der Waals surface area contributed by atoms with Crippen molar-refractivity contribution in [3.05, 3.63) is 62.7 Å². The Hall–Kier alpha value is -1.70. The molecule has 0 saturated carbocycles. The molecular weight excluding hydrogens is 393 g/mol. The van der Waals surface area contributed by atoms with E-state index in [1.807, 2.05) is 0 Å². The Morgan fingerprint density at radius 3 is 2.57 bits per heavy atom. The number of halogens is 3. The molecule has 0 aliphatic carbocycles. The SMILES string of the molecule is COC(=O)c1cc(I)ccc1OCc1ccc(F)c(F)c1. The van der Waals surface area contributed by atoms with Crippen LogP contribution in [0.2, 0.25) is 0 Å². The second kappa shape index (κ2) is 6.84. The van der Waals surface area contributed by atoms with Crippen molar-refractivity contribution >= 4 is 28.6 Å². The van der Waals surface area contributed by atoms with Crippen LogP contribution in [0, 0.1) is 15.2 Å². The van der Waals surface area contributed by atoms with E-state index in [0.29, 0.717) is 11.3 Å². The Bertz CT molecular complexity index is 674. The third-order valence-corrected chi connectivity index (χ3v) is 3.40. The minimum Gasteiger partial charge on any atom is -0.488 e. The molecule has 0 bridgehead atoms. The first kappa shape index (κ1) is 15.7. The maximum Gasteiger partial charge on any atom is 0.341 e. The smallest absolute Gasteiger partial charge is 0.341 e. The van der Waals surface area contributed by atoms with E-state index >= 15 is 0 Å². The molecule has 0 fully saturated rings. The van der Waals surface area contributed by atoms with Crippen LogP contribution in [0.5, 0.6) is 5.75 Å². The normalized spacial score (nSPS) is 10.3. The first-order chi connectivity index (χ1) is 10.0. The third-order valence-electron chi connectivity index (χ3n) is 2.73. The van der Waals surface area contributed by atoms with Crippen LogP contribution < -0.4 is 4.74 Å². The maximum absolute atomic E-state index is 13.1. The molecule has 0 saturated heterocycles. The lowest BCUT2D eigenvalue weighted by atomic mass is 10.2. The molecule has 0 unspecified atom stereocenters. The number of rotatable bonds is 4. The van der Waals surface area contributed by atoms with Gasteiger partial charge in [0.2, 0.25) is 0 Å². The molecule has 0 spiro atoms. The lowest BCUT2D eigenvalue weighted by Gasteiger charge is -2.11. The van der Waals surface area contributed by atoms with Crippen molar-refractivity contribution in [3.63, 3.8) is 0 Å². The van der Waals surface area contributed by atoms with Gasteiger partial charge in [-0.05, 0) is 58.5 Å². The number of carbonyl (C=O) groups is 1. The summed E-state index contributed by atoms with van der Waals surface area (Å²) >= 11 is 2.07. The van der Waals surface area contributed by atoms with Crippen molar-refractivity contribution in [2.45, 2.75) is 6.61 Å². The van der Waals surface area contributed by atoms with Crippen molar-refractivity contribution in [2.75, 3.05) is 7.11 Å². The van der Waals surface area contributed by atoms with Gasteiger partial charge in [-0.25, -0.2) is 13.6 Å². The van der Waals surface area contributed by atoms with Gasteiger partial charge >= 0.3 is 5.97 Å². The van der Waals surface area contributed by atoms with Gasteiger partial charge in [0.25, 0.3) is 0 Å². The fraction of sp³-hybridized carbons (Fsp3) is 0.133. The summed E-state index contributed by atoms with van der Waals surface area (Å²) in [5, 5.41) is 0. The van der Waals surface area contributed by atoms with Crippen LogP contribution in [0.25, 0.3) is 0 Å². The highest BCUT2D eigenvalue weighted by Gasteiger charge is 2.14. The largest absolute Gasteiger partial charge is 0.488 e. The van der Waals surface area contributed by atoms with Gasteiger partial charge in [-0.15, -0.1) is 0 Å². The average Bonchev–Trinajstić information content (AvgIpc) is 2.48. The van der Waals surface area contributed by atoms with Crippen LogP contribution in [0.3, 0.4) is 0 Å². The summed E-state index contributed by atoms with van der Waals surface area (Å²) in [6.45, 7) is 0.0157. The van der Waals surface area contributed by atoms with Crippen LogP contribution in [-0.4, -0.2) is 13.1 Å². The van der Waals surface area contributed by atoms with Gasteiger partial charge in [-0.1, -0.05) is 6.07 Å². The predicted octanol–water partition coefficient (Wildman–Crippen LogP) is 3.94. The van der Waals surface area contributed by atoms with Gasteiger partial charge < -0.3 is 9.47 Å². The summed E-state index contributed by atoms with van der Waals surface area (Å²) in [4.78, 5) is 11.7. The summed E-state index contributed by atoms with van der Waals surface area (Å²) < 4.78 is 37.0. The van der Waals surface area contributed by atoms with E-state index in [9.17, 15) is 13.6 Å². The number of hydrogen-bond acceptors (Lipinski definition) is 3. The van der Waals surface area contributed by atoms with Crippen molar-refractivity contribution in [1.82, 2.24) is 0 Å². The average molecular weight is 404 g/mol. The molecule has 2 aromatic rings. The van der Waals surface area contributed by atoms with Crippen molar-refractivity contribution in [2.24, 2.45) is 0 Å². The Morgan fingerprint density at radius 1 is 1.14 bits per heavy atom. The molecule has 0 aromatic heterocycles. The number of benzene rings is 2.